The Labute approximate surface area is 101 Å². The van der Waals surface area contributed by atoms with E-state index in [1.165, 1.54) is 0 Å². The number of ether oxygens (including phenoxy) is 2. The second-order valence-electron chi connectivity index (χ2n) is 5.52. The third-order valence-corrected chi connectivity index (χ3v) is 1.96. The van der Waals surface area contributed by atoms with Gasteiger partial charge in [-0.25, -0.2) is 0 Å². The fourth-order valence-corrected chi connectivity index (χ4v) is 1.20. The van der Waals surface area contributed by atoms with Gasteiger partial charge in [0.25, 0.3) is 0 Å². The highest BCUT2D eigenvalue weighted by molar-refractivity contribution is 4.58. The highest BCUT2D eigenvalue weighted by Crippen LogP contribution is 2.05. The summed E-state index contributed by atoms with van der Waals surface area (Å²) in [6.07, 6.45) is 1.07. The second kappa shape index (κ2) is 8.97. The third-order valence-electron chi connectivity index (χ3n) is 1.96. The molecule has 0 spiro atoms. The Morgan fingerprint density at radius 3 is 2.31 bits per heavy atom. The molecule has 0 aromatic carbocycles. The van der Waals surface area contributed by atoms with E-state index in [0.29, 0.717) is 13.2 Å². The molecule has 0 aliphatic rings. The summed E-state index contributed by atoms with van der Waals surface area (Å²) in [5.74, 6) is 0.723. The molecule has 0 amide bonds. The minimum atomic E-state index is -0.0534. The van der Waals surface area contributed by atoms with Crippen molar-refractivity contribution < 1.29 is 9.47 Å². The maximum absolute atomic E-state index is 5.55. The Kier molecular flexibility index (Phi) is 8.90. The Bertz CT molecular complexity index is 153. The first-order valence-electron chi connectivity index (χ1n) is 6.34. The van der Waals surface area contributed by atoms with Crippen LogP contribution in [0.1, 0.15) is 41.0 Å². The first-order chi connectivity index (χ1) is 7.42. The van der Waals surface area contributed by atoms with E-state index < -0.39 is 0 Å². The van der Waals surface area contributed by atoms with E-state index in [2.05, 4.69) is 39.9 Å². The van der Waals surface area contributed by atoms with Crippen LogP contribution in [0.2, 0.25) is 0 Å². The molecule has 0 aromatic rings. The lowest BCUT2D eigenvalue weighted by Gasteiger charge is -2.19. The van der Waals surface area contributed by atoms with E-state index >= 15 is 0 Å². The third kappa shape index (κ3) is 13.9. The van der Waals surface area contributed by atoms with Crippen LogP contribution < -0.4 is 5.32 Å². The van der Waals surface area contributed by atoms with Gasteiger partial charge in [0.2, 0.25) is 0 Å². The quantitative estimate of drug-likeness (QED) is 0.618. The molecule has 0 atom stereocenters. The van der Waals surface area contributed by atoms with Crippen molar-refractivity contribution >= 4 is 0 Å². The molecule has 0 aromatic heterocycles. The Balaban J connectivity index is 3.05. The van der Waals surface area contributed by atoms with E-state index in [9.17, 15) is 0 Å². The summed E-state index contributed by atoms with van der Waals surface area (Å²) in [5.41, 5.74) is -0.0534. The molecular formula is C13H29NO2. The van der Waals surface area contributed by atoms with Crippen molar-refractivity contribution in [2.45, 2.75) is 46.6 Å². The molecule has 0 heterocycles. The van der Waals surface area contributed by atoms with E-state index in [-0.39, 0.29) is 5.60 Å². The summed E-state index contributed by atoms with van der Waals surface area (Å²) < 4.78 is 11.0. The predicted molar refractivity (Wildman–Crippen MR) is 68.8 cm³/mol. The Morgan fingerprint density at radius 2 is 1.75 bits per heavy atom. The zero-order chi connectivity index (χ0) is 12.4. The van der Waals surface area contributed by atoms with E-state index in [1.54, 1.807) is 0 Å². The molecule has 0 aliphatic heterocycles. The lowest BCUT2D eigenvalue weighted by Crippen LogP contribution is -2.23. The fraction of sp³-hybridized carbons (Fsp3) is 1.00. The van der Waals surface area contributed by atoms with Crippen molar-refractivity contribution in [1.82, 2.24) is 5.32 Å². The molecule has 0 saturated carbocycles. The molecule has 0 rings (SSSR count). The van der Waals surface area contributed by atoms with Crippen LogP contribution in [0.5, 0.6) is 0 Å². The zero-order valence-electron chi connectivity index (χ0n) is 11.6. The molecule has 0 bridgehead atoms. The van der Waals surface area contributed by atoms with Crippen LogP contribution in [-0.4, -0.2) is 38.5 Å². The van der Waals surface area contributed by atoms with Crippen LogP contribution in [-0.2, 0) is 9.47 Å². The Morgan fingerprint density at radius 1 is 1.06 bits per heavy atom. The molecular weight excluding hydrogens is 202 g/mol. The van der Waals surface area contributed by atoms with Gasteiger partial charge in [-0.15, -0.1) is 0 Å². The standard InChI is InChI=1S/C13H29NO2/c1-12(2)11-14-7-6-8-15-9-10-16-13(3,4)5/h12,14H,6-11H2,1-5H3. The monoisotopic (exact) mass is 231 g/mol. The van der Waals surface area contributed by atoms with Gasteiger partial charge in [-0.2, -0.15) is 0 Å². The van der Waals surface area contributed by atoms with E-state index in [1.807, 2.05) is 0 Å². The van der Waals surface area contributed by atoms with Crippen molar-refractivity contribution in [3.8, 4) is 0 Å². The van der Waals surface area contributed by atoms with Crippen LogP contribution >= 0.6 is 0 Å². The average Bonchev–Trinajstić information content (AvgIpc) is 2.13. The lowest BCUT2D eigenvalue weighted by molar-refractivity contribution is -0.0349. The van der Waals surface area contributed by atoms with Gasteiger partial charge in [0, 0.05) is 6.61 Å². The highest BCUT2D eigenvalue weighted by Gasteiger charge is 2.08. The van der Waals surface area contributed by atoms with Crippen molar-refractivity contribution in [2.24, 2.45) is 5.92 Å². The molecule has 16 heavy (non-hydrogen) atoms. The first-order valence-corrected chi connectivity index (χ1v) is 6.34. The number of hydrogen-bond donors (Lipinski definition) is 1. The van der Waals surface area contributed by atoms with Crippen LogP contribution in [0.15, 0.2) is 0 Å². The van der Waals surface area contributed by atoms with Gasteiger partial charge in [-0.3, -0.25) is 0 Å². The van der Waals surface area contributed by atoms with Gasteiger partial charge in [0.15, 0.2) is 0 Å². The predicted octanol–water partition coefficient (Wildman–Crippen LogP) is 2.45. The molecule has 0 saturated heterocycles. The van der Waals surface area contributed by atoms with Crippen molar-refractivity contribution in [1.29, 1.82) is 0 Å². The minimum absolute atomic E-state index is 0.0534. The average molecular weight is 231 g/mol. The second-order valence-corrected chi connectivity index (χ2v) is 5.52. The van der Waals surface area contributed by atoms with Crippen LogP contribution in [0.4, 0.5) is 0 Å². The minimum Gasteiger partial charge on any atom is -0.379 e. The SMILES string of the molecule is CC(C)CNCCCOCCOC(C)(C)C. The highest BCUT2D eigenvalue weighted by atomic mass is 16.5. The summed E-state index contributed by atoms with van der Waals surface area (Å²) in [7, 11) is 0. The van der Waals surface area contributed by atoms with Gasteiger partial charge >= 0.3 is 0 Å². The molecule has 98 valence electrons. The number of hydrogen-bond acceptors (Lipinski definition) is 3. The van der Waals surface area contributed by atoms with Crippen molar-refractivity contribution in [3.63, 3.8) is 0 Å². The molecule has 0 fully saturated rings. The summed E-state index contributed by atoms with van der Waals surface area (Å²) in [5, 5.41) is 3.39. The lowest BCUT2D eigenvalue weighted by atomic mass is 10.2. The fourth-order valence-electron chi connectivity index (χ4n) is 1.20. The maximum Gasteiger partial charge on any atom is 0.0707 e. The van der Waals surface area contributed by atoms with Gasteiger partial charge in [-0.05, 0) is 46.2 Å². The van der Waals surface area contributed by atoms with Gasteiger partial charge in [-0.1, -0.05) is 13.8 Å². The van der Waals surface area contributed by atoms with E-state index in [4.69, 9.17) is 9.47 Å². The topological polar surface area (TPSA) is 30.5 Å². The number of rotatable bonds is 9. The molecule has 1 N–H and O–H groups in total. The number of nitrogens with one attached hydrogen (secondary N) is 1. The van der Waals surface area contributed by atoms with Crippen molar-refractivity contribution in [3.05, 3.63) is 0 Å². The van der Waals surface area contributed by atoms with Gasteiger partial charge in [0.05, 0.1) is 18.8 Å². The summed E-state index contributed by atoms with van der Waals surface area (Å²) in [4.78, 5) is 0. The van der Waals surface area contributed by atoms with Gasteiger partial charge < -0.3 is 14.8 Å². The van der Waals surface area contributed by atoms with E-state index in [0.717, 1.165) is 32.0 Å². The van der Waals surface area contributed by atoms with Crippen LogP contribution in [0.25, 0.3) is 0 Å². The van der Waals surface area contributed by atoms with Crippen molar-refractivity contribution in [2.75, 3.05) is 32.9 Å². The molecule has 3 nitrogen and oxygen atoms in total. The van der Waals surface area contributed by atoms with Crippen LogP contribution in [0.3, 0.4) is 0 Å². The summed E-state index contributed by atoms with van der Waals surface area (Å²) >= 11 is 0. The molecule has 0 aliphatic carbocycles. The normalized spacial score (nSPS) is 12.4. The molecule has 0 radical (unpaired) electrons. The molecule has 3 heteroatoms. The largest absolute Gasteiger partial charge is 0.379 e. The van der Waals surface area contributed by atoms with Crippen LogP contribution in [0, 0.1) is 5.92 Å². The van der Waals surface area contributed by atoms with Gasteiger partial charge in [0.1, 0.15) is 0 Å². The Hall–Kier alpha value is -0.120. The summed E-state index contributed by atoms with van der Waals surface area (Å²) in [6, 6.07) is 0. The first kappa shape index (κ1) is 15.9. The zero-order valence-corrected chi connectivity index (χ0v) is 11.6. The smallest absolute Gasteiger partial charge is 0.0707 e. The molecule has 0 unspecified atom stereocenters. The summed E-state index contributed by atoms with van der Waals surface area (Å²) in [6.45, 7) is 14.9. The maximum atomic E-state index is 5.55.